The molecule has 0 saturated heterocycles. The van der Waals surface area contributed by atoms with Crippen molar-refractivity contribution in [1.82, 2.24) is 14.5 Å². The first-order valence-electron chi connectivity index (χ1n) is 6.99. The van der Waals surface area contributed by atoms with Crippen LogP contribution in [0, 0.1) is 0 Å². The Bertz CT molecular complexity index is 948. The van der Waals surface area contributed by atoms with Crippen molar-refractivity contribution in [2.45, 2.75) is 25.8 Å². The van der Waals surface area contributed by atoms with Gasteiger partial charge in [-0.3, -0.25) is 9.36 Å². The molecule has 22 heavy (non-hydrogen) atoms. The first-order chi connectivity index (χ1) is 10.6. The molecule has 1 aromatic carbocycles. The summed E-state index contributed by atoms with van der Waals surface area (Å²) in [5.41, 5.74) is 1.25. The minimum absolute atomic E-state index is 0.0396. The minimum atomic E-state index is -0.0396. The number of fused-ring (bicyclic) bond motifs is 2. The summed E-state index contributed by atoms with van der Waals surface area (Å²) in [7, 11) is 0. The molecule has 7 heteroatoms. The molecule has 0 radical (unpaired) electrons. The zero-order valence-corrected chi connectivity index (χ0v) is 13.8. The van der Waals surface area contributed by atoms with Crippen LogP contribution in [-0.2, 0) is 13.0 Å². The first-order valence-corrected chi connectivity index (χ1v) is 8.56. The second-order valence-corrected chi connectivity index (χ2v) is 7.04. The van der Waals surface area contributed by atoms with Gasteiger partial charge in [-0.2, -0.15) is 0 Å². The molecule has 0 amide bonds. The summed E-state index contributed by atoms with van der Waals surface area (Å²) in [5.74, 6) is 0.869. The normalized spacial score (nSPS) is 14.3. The summed E-state index contributed by atoms with van der Waals surface area (Å²) in [6.07, 6.45) is 2.95. The molecule has 4 rings (SSSR count). The predicted octanol–water partition coefficient (Wildman–Crippen LogP) is 4.16. The van der Waals surface area contributed by atoms with Gasteiger partial charge in [-0.1, -0.05) is 40.6 Å². The van der Waals surface area contributed by atoms with Crippen molar-refractivity contribution < 1.29 is 0 Å². The maximum Gasteiger partial charge on any atom is 0.280 e. The van der Waals surface area contributed by atoms with Crippen LogP contribution in [0.1, 0.15) is 18.7 Å². The molecule has 0 unspecified atom stereocenters. The fourth-order valence-electron chi connectivity index (χ4n) is 2.68. The maximum absolute atomic E-state index is 12.6. The van der Waals surface area contributed by atoms with Crippen LogP contribution in [0.3, 0.4) is 0 Å². The van der Waals surface area contributed by atoms with Gasteiger partial charge < -0.3 is 0 Å². The van der Waals surface area contributed by atoms with E-state index < -0.39 is 0 Å². The molecule has 3 aromatic rings. The highest BCUT2D eigenvalue weighted by atomic mass is 35.5. The Morgan fingerprint density at radius 1 is 1.14 bits per heavy atom. The van der Waals surface area contributed by atoms with Crippen LogP contribution in [-0.4, -0.2) is 14.5 Å². The van der Waals surface area contributed by atoms with E-state index in [1.54, 1.807) is 16.7 Å². The van der Waals surface area contributed by atoms with Gasteiger partial charge in [0.2, 0.25) is 0 Å². The van der Waals surface area contributed by atoms with Gasteiger partial charge in [0, 0.05) is 18.5 Å². The molecule has 0 aliphatic carbocycles. The second kappa shape index (κ2) is 5.33. The van der Waals surface area contributed by atoms with Crippen molar-refractivity contribution >= 4 is 44.9 Å². The number of halogens is 2. The molecule has 0 saturated carbocycles. The Morgan fingerprint density at radius 3 is 2.82 bits per heavy atom. The lowest BCUT2D eigenvalue weighted by Gasteiger charge is -2.16. The molecule has 112 valence electrons. The van der Waals surface area contributed by atoms with Crippen LogP contribution in [0.25, 0.3) is 20.9 Å². The van der Waals surface area contributed by atoms with Crippen molar-refractivity contribution in [3.05, 3.63) is 44.4 Å². The van der Waals surface area contributed by atoms with Crippen LogP contribution in [0.5, 0.6) is 0 Å². The highest BCUT2D eigenvalue weighted by Gasteiger charge is 2.18. The number of hydrogen-bond donors (Lipinski definition) is 0. The van der Waals surface area contributed by atoms with Crippen molar-refractivity contribution in [3.63, 3.8) is 0 Å². The number of aryl methyl sites for hydroxylation is 1. The van der Waals surface area contributed by atoms with Crippen molar-refractivity contribution in [1.29, 1.82) is 0 Å². The van der Waals surface area contributed by atoms with E-state index in [9.17, 15) is 4.79 Å². The molecule has 3 heterocycles. The second-order valence-electron chi connectivity index (χ2n) is 5.24. The number of hydrogen-bond acceptors (Lipinski definition) is 4. The summed E-state index contributed by atoms with van der Waals surface area (Å²) in [5, 5.41) is 1.71. The average molecular weight is 352 g/mol. The van der Waals surface area contributed by atoms with Crippen molar-refractivity contribution in [3.8, 4) is 10.6 Å². The van der Waals surface area contributed by atoms with Gasteiger partial charge >= 0.3 is 0 Å². The van der Waals surface area contributed by atoms with Crippen LogP contribution < -0.4 is 5.56 Å². The van der Waals surface area contributed by atoms with Crippen molar-refractivity contribution in [2.24, 2.45) is 0 Å². The summed E-state index contributed by atoms with van der Waals surface area (Å²) < 4.78 is 1.75. The Morgan fingerprint density at radius 2 is 2.00 bits per heavy atom. The molecule has 1 aliphatic heterocycles. The lowest BCUT2D eigenvalue weighted by molar-refractivity contribution is 0.501. The summed E-state index contributed by atoms with van der Waals surface area (Å²) in [6.45, 7) is 0.733. The van der Waals surface area contributed by atoms with Crippen LogP contribution in [0.15, 0.2) is 23.0 Å². The van der Waals surface area contributed by atoms with Gasteiger partial charge in [-0.25, -0.2) is 9.97 Å². The Balaban J connectivity index is 1.92. The maximum atomic E-state index is 12.6. The monoisotopic (exact) mass is 351 g/mol. The Labute approximate surface area is 140 Å². The van der Waals surface area contributed by atoms with E-state index in [4.69, 9.17) is 23.2 Å². The highest BCUT2D eigenvalue weighted by molar-refractivity contribution is 7.21. The lowest BCUT2D eigenvalue weighted by Crippen LogP contribution is -2.28. The topological polar surface area (TPSA) is 47.8 Å². The van der Waals surface area contributed by atoms with Gasteiger partial charge in [-0.05, 0) is 25.0 Å². The molecule has 0 N–H and O–H groups in total. The fraction of sp³-hybridized carbons (Fsp3) is 0.267. The number of rotatable bonds is 1. The van der Waals surface area contributed by atoms with Crippen LogP contribution in [0.2, 0.25) is 10.0 Å². The Kier molecular flexibility index (Phi) is 3.44. The average Bonchev–Trinajstić information content (AvgIpc) is 2.94. The third-order valence-electron chi connectivity index (χ3n) is 3.80. The molecule has 0 bridgehead atoms. The van der Waals surface area contributed by atoms with E-state index in [0.29, 0.717) is 20.4 Å². The third kappa shape index (κ3) is 2.24. The van der Waals surface area contributed by atoms with E-state index in [1.807, 2.05) is 6.07 Å². The largest absolute Gasteiger partial charge is 0.295 e. The predicted molar refractivity (Wildman–Crippen MR) is 90.1 cm³/mol. The zero-order valence-electron chi connectivity index (χ0n) is 11.5. The molecule has 0 atom stereocenters. The van der Waals surface area contributed by atoms with Gasteiger partial charge in [0.1, 0.15) is 10.8 Å². The quantitative estimate of drug-likeness (QED) is 0.661. The van der Waals surface area contributed by atoms with Crippen LogP contribution in [0.4, 0.5) is 0 Å². The van der Waals surface area contributed by atoms with Crippen LogP contribution >= 0.6 is 34.5 Å². The number of aromatic nitrogens is 3. The van der Waals surface area contributed by atoms with E-state index in [-0.39, 0.29) is 5.56 Å². The van der Waals surface area contributed by atoms with Crippen molar-refractivity contribution in [2.75, 3.05) is 0 Å². The molecular weight excluding hydrogens is 341 g/mol. The van der Waals surface area contributed by atoms with E-state index in [2.05, 4.69) is 9.97 Å². The summed E-state index contributed by atoms with van der Waals surface area (Å²) >= 11 is 13.4. The smallest absolute Gasteiger partial charge is 0.280 e. The van der Waals surface area contributed by atoms with E-state index in [0.717, 1.165) is 42.2 Å². The number of benzene rings is 1. The summed E-state index contributed by atoms with van der Waals surface area (Å²) in [6, 6.07) is 5.35. The minimum Gasteiger partial charge on any atom is -0.295 e. The summed E-state index contributed by atoms with van der Waals surface area (Å²) in [4.78, 5) is 22.4. The number of thiazole rings is 1. The van der Waals surface area contributed by atoms with Gasteiger partial charge in [0.05, 0.1) is 10.0 Å². The number of nitrogens with zero attached hydrogens (tertiary/aromatic N) is 3. The molecule has 1 aliphatic rings. The van der Waals surface area contributed by atoms with Gasteiger partial charge in [-0.15, -0.1) is 0 Å². The SMILES string of the molecule is O=c1c2nc(-c3ccc(Cl)c(Cl)c3)sc2nc2n1CCCC2. The molecule has 4 nitrogen and oxygen atoms in total. The van der Waals surface area contributed by atoms with E-state index in [1.165, 1.54) is 11.3 Å². The standard InChI is InChI=1S/C15H11Cl2N3OS/c16-9-5-4-8(7-10(9)17)13-19-12-14(22-13)18-11-3-1-2-6-20(11)15(12)21/h4-5,7H,1-3,6H2. The van der Waals surface area contributed by atoms with Gasteiger partial charge in [0.25, 0.3) is 5.56 Å². The fourth-order valence-corrected chi connectivity index (χ4v) is 3.92. The zero-order chi connectivity index (χ0) is 15.3. The third-order valence-corrected chi connectivity index (χ3v) is 5.54. The Hall–Kier alpha value is -1.43. The molecular formula is C15H11Cl2N3OS. The highest BCUT2D eigenvalue weighted by Crippen LogP contribution is 2.32. The molecule has 0 fully saturated rings. The first kappa shape index (κ1) is 14.2. The molecule has 2 aromatic heterocycles. The van der Waals surface area contributed by atoms with Gasteiger partial charge in [0.15, 0.2) is 10.3 Å². The molecule has 0 spiro atoms. The lowest BCUT2D eigenvalue weighted by atomic mass is 10.1. The van der Waals surface area contributed by atoms with E-state index >= 15 is 0 Å².